The van der Waals surface area contributed by atoms with Gasteiger partial charge in [0.15, 0.2) is 0 Å². The number of nitrogens with one attached hydrogen (secondary N) is 1. The number of halogens is 1. The molecule has 1 aromatic heterocycles. The molecule has 0 amide bonds. The number of rotatable bonds is 4. The number of piperazine rings is 1. The van der Waals surface area contributed by atoms with Crippen molar-refractivity contribution in [3.63, 3.8) is 0 Å². The van der Waals surface area contributed by atoms with Crippen LogP contribution in [0, 0.1) is 0 Å². The summed E-state index contributed by atoms with van der Waals surface area (Å²) in [6, 6.07) is 9.59. The molecule has 24 heavy (non-hydrogen) atoms. The zero-order valence-corrected chi connectivity index (χ0v) is 14.3. The standard InChI is InChI=1S/C18H20ClN3O2/c1-24-18(23)14-2-3-16(19)15(10-14)12-22-9-8-21-11-17(22)13-4-6-20-7-5-13/h2-7,10,17,21H,8-9,11-12H2,1H3. The second kappa shape index (κ2) is 7.75. The number of nitrogens with zero attached hydrogens (tertiary/aromatic N) is 2. The van der Waals surface area contributed by atoms with Crippen LogP contribution < -0.4 is 5.32 Å². The third-order valence-corrected chi connectivity index (χ3v) is 4.65. The van der Waals surface area contributed by atoms with Crippen molar-refractivity contribution in [2.24, 2.45) is 0 Å². The maximum atomic E-state index is 11.8. The lowest BCUT2D eigenvalue weighted by molar-refractivity contribution is 0.0600. The molecular weight excluding hydrogens is 326 g/mol. The van der Waals surface area contributed by atoms with E-state index in [0.717, 1.165) is 25.2 Å². The highest BCUT2D eigenvalue weighted by atomic mass is 35.5. The Morgan fingerprint density at radius 3 is 2.92 bits per heavy atom. The summed E-state index contributed by atoms with van der Waals surface area (Å²) in [6.45, 7) is 3.39. The lowest BCUT2D eigenvalue weighted by Crippen LogP contribution is -2.45. The van der Waals surface area contributed by atoms with Gasteiger partial charge in [-0.15, -0.1) is 0 Å². The number of esters is 1. The van der Waals surface area contributed by atoms with Crippen LogP contribution in [0.4, 0.5) is 0 Å². The van der Waals surface area contributed by atoms with Crippen LogP contribution in [0.2, 0.25) is 5.02 Å². The zero-order chi connectivity index (χ0) is 16.9. The average Bonchev–Trinajstić information content (AvgIpc) is 2.64. The number of ether oxygens (including phenoxy) is 1. The smallest absolute Gasteiger partial charge is 0.337 e. The Hall–Kier alpha value is -1.95. The van der Waals surface area contributed by atoms with Gasteiger partial charge in [-0.25, -0.2) is 4.79 Å². The first kappa shape index (κ1) is 16.9. The van der Waals surface area contributed by atoms with E-state index in [1.54, 1.807) is 12.1 Å². The molecule has 5 nitrogen and oxygen atoms in total. The number of carbonyl (C=O) groups is 1. The molecule has 2 aromatic rings. The molecule has 1 atom stereocenters. The summed E-state index contributed by atoms with van der Waals surface area (Å²) < 4.78 is 4.80. The van der Waals surface area contributed by atoms with Crippen molar-refractivity contribution in [1.29, 1.82) is 0 Å². The molecule has 1 saturated heterocycles. The molecule has 3 rings (SSSR count). The van der Waals surface area contributed by atoms with Crippen molar-refractivity contribution < 1.29 is 9.53 Å². The zero-order valence-electron chi connectivity index (χ0n) is 13.5. The van der Waals surface area contributed by atoms with Gasteiger partial charge in [-0.3, -0.25) is 9.88 Å². The lowest BCUT2D eigenvalue weighted by Gasteiger charge is -2.36. The Balaban J connectivity index is 1.84. The quantitative estimate of drug-likeness (QED) is 0.863. The molecule has 1 aromatic carbocycles. The fraction of sp³-hybridized carbons (Fsp3) is 0.333. The van der Waals surface area contributed by atoms with E-state index in [1.807, 2.05) is 30.6 Å². The van der Waals surface area contributed by atoms with E-state index in [1.165, 1.54) is 12.7 Å². The molecule has 0 radical (unpaired) electrons. The number of aromatic nitrogens is 1. The van der Waals surface area contributed by atoms with Crippen LogP contribution in [-0.4, -0.2) is 42.6 Å². The molecule has 0 saturated carbocycles. The first-order valence-electron chi connectivity index (χ1n) is 7.90. The predicted octanol–water partition coefficient (Wildman–Crippen LogP) is 2.67. The number of hydrogen-bond donors (Lipinski definition) is 1. The van der Waals surface area contributed by atoms with Gasteiger partial charge in [-0.1, -0.05) is 11.6 Å². The number of methoxy groups -OCH3 is 1. The van der Waals surface area contributed by atoms with Gasteiger partial charge in [0.1, 0.15) is 0 Å². The van der Waals surface area contributed by atoms with Gasteiger partial charge in [0.25, 0.3) is 0 Å². The van der Waals surface area contributed by atoms with Crippen molar-refractivity contribution in [2.45, 2.75) is 12.6 Å². The third kappa shape index (κ3) is 3.75. The SMILES string of the molecule is COC(=O)c1ccc(Cl)c(CN2CCNCC2c2ccncc2)c1. The molecular formula is C18H20ClN3O2. The van der Waals surface area contributed by atoms with Crippen LogP contribution in [0.15, 0.2) is 42.7 Å². The number of hydrogen-bond acceptors (Lipinski definition) is 5. The first-order chi connectivity index (χ1) is 11.7. The van der Waals surface area contributed by atoms with E-state index in [-0.39, 0.29) is 12.0 Å². The molecule has 0 bridgehead atoms. The minimum absolute atomic E-state index is 0.250. The minimum Gasteiger partial charge on any atom is -0.465 e. The van der Waals surface area contributed by atoms with Gasteiger partial charge < -0.3 is 10.1 Å². The molecule has 1 N–H and O–H groups in total. The molecule has 0 aliphatic carbocycles. The van der Waals surface area contributed by atoms with Gasteiger partial charge in [0, 0.05) is 49.6 Å². The van der Waals surface area contributed by atoms with Crippen molar-refractivity contribution in [3.05, 3.63) is 64.4 Å². The summed E-state index contributed by atoms with van der Waals surface area (Å²) in [5, 5.41) is 4.09. The van der Waals surface area contributed by atoms with Crippen LogP contribution in [0.5, 0.6) is 0 Å². The highest BCUT2D eigenvalue weighted by molar-refractivity contribution is 6.31. The van der Waals surface area contributed by atoms with Gasteiger partial charge in [0.05, 0.1) is 12.7 Å². The second-order valence-electron chi connectivity index (χ2n) is 5.77. The third-order valence-electron chi connectivity index (χ3n) is 4.29. The summed E-state index contributed by atoms with van der Waals surface area (Å²) in [6.07, 6.45) is 3.62. The van der Waals surface area contributed by atoms with Crippen molar-refractivity contribution in [1.82, 2.24) is 15.2 Å². The van der Waals surface area contributed by atoms with E-state index >= 15 is 0 Å². The van der Waals surface area contributed by atoms with Gasteiger partial charge in [-0.2, -0.15) is 0 Å². The Bertz CT molecular complexity index is 709. The van der Waals surface area contributed by atoms with Gasteiger partial charge in [0.2, 0.25) is 0 Å². The molecule has 1 fully saturated rings. The average molecular weight is 346 g/mol. The Labute approximate surface area is 146 Å². The predicted molar refractivity (Wildman–Crippen MR) is 93.0 cm³/mol. The molecule has 1 unspecified atom stereocenters. The highest BCUT2D eigenvalue weighted by Gasteiger charge is 2.24. The lowest BCUT2D eigenvalue weighted by atomic mass is 10.0. The second-order valence-corrected chi connectivity index (χ2v) is 6.18. The van der Waals surface area contributed by atoms with E-state index in [9.17, 15) is 4.79 Å². The molecule has 126 valence electrons. The fourth-order valence-electron chi connectivity index (χ4n) is 3.01. The maximum Gasteiger partial charge on any atom is 0.337 e. The van der Waals surface area contributed by atoms with Crippen LogP contribution in [0.3, 0.4) is 0 Å². The summed E-state index contributed by atoms with van der Waals surface area (Å²) in [5.41, 5.74) is 2.67. The van der Waals surface area contributed by atoms with Crippen LogP contribution in [0.1, 0.15) is 27.5 Å². The van der Waals surface area contributed by atoms with Crippen LogP contribution >= 0.6 is 11.6 Å². The number of carbonyl (C=O) groups excluding carboxylic acids is 1. The summed E-state index contributed by atoms with van der Waals surface area (Å²) in [7, 11) is 1.38. The normalized spacial score (nSPS) is 18.3. The molecule has 1 aliphatic rings. The Kier molecular flexibility index (Phi) is 5.45. The van der Waals surface area contributed by atoms with E-state index < -0.39 is 0 Å². The molecule has 2 heterocycles. The van der Waals surface area contributed by atoms with Crippen molar-refractivity contribution >= 4 is 17.6 Å². The highest BCUT2D eigenvalue weighted by Crippen LogP contribution is 2.27. The van der Waals surface area contributed by atoms with Crippen LogP contribution in [0.25, 0.3) is 0 Å². The molecule has 0 spiro atoms. The molecule has 6 heteroatoms. The maximum absolute atomic E-state index is 11.8. The summed E-state index contributed by atoms with van der Waals surface area (Å²) in [4.78, 5) is 18.2. The van der Waals surface area contributed by atoms with Crippen molar-refractivity contribution in [2.75, 3.05) is 26.7 Å². The summed E-state index contributed by atoms with van der Waals surface area (Å²) >= 11 is 6.35. The van der Waals surface area contributed by atoms with Crippen molar-refractivity contribution in [3.8, 4) is 0 Å². The minimum atomic E-state index is -0.348. The topological polar surface area (TPSA) is 54.5 Å². The first-order valence-corrected chi connectivity index (χ1v) is 8.28. The van der Waals surface area contributed by atoms with E-state index in [4.69, 9.17) is 16.3 Å². The Morgan fingerprint density at radius 2 is 2.17 bits per heavy atom. The van der Waals surface area contributed by atoms with Gasteiger partial charge >= 0.3 is 5.97 Å². The number of pyridine rings is 1. The van der Waals surface area contributed by atoms with E-state index in [0.29, 0.717) is 17.1 Å². The monoisotopic (exact) mass is 345 g/mol. The number of benzene rings is 1. The Morgan fingerprint density at radius 1 is 1.38 bits per heavy atom. The molecule has 1 aliphatic heterocycles. The largest absolute Gasteiger partial charge is 0.465 e. The fourth-order valence-corrected chi connectivity index (χ4v) is 3.19. The van der Waals surface area contributed by atoms with Gasteiger partial charge in [-0.05, 0) is 41.5 Å². The van der Waals surface area contributed by atoms with E-state index in [2.05, 4.69) is 15.2 Å². The van der Waals surface area contributed by atoms with Crippen LogP contribution in [-0.2, 0) is 11.3 Å². The summed E-state index contributed by atoms with van der Waals surface area (Å²) in [5.74, 6) is -0.348.